The van der Waals surface area contributed by atoms with Crippen molar-refractivity contribution in [3.8, 4) is 11.5 Å². The lowest BCUT2D eigenvalue weighted by atomic mass is 9.79. The van der Waals surface area contributed by atoms with E-state index < -0.39 is 28.8 Å². The van der Waals surface area contributed by atoms with Crippen LogP contribution in [-0.2, 0) is 4.79 Å². The number of aliphatic carboxylic acids is 1. The SMILES string of the molecule is CN1C(=O)c2ccccc2[C@H](C(=O)[O-])[C@@H]1c1cc2c(cc1[N+](=O)[O-])OCO2. The number of carbonyl (C=O) groups excluding carboxylic acids is 2. The number of nitro groups is 1. The first kappa shape index (κ1) is 16.8. The van der Waals surface area contributed by atoms with Gasteiger partial charge in [0.05, 0.1) is 28.6 Å². The molecule has 0 radical (unpaired) electrons. The molecular formula is C18H13N2O7-. The smallest absolute Gasteiger partial charge is 0.278 e. The van der Waals surface area contributed by atoms with Gasteiger partial charge in [0.15, 0.2) is 11.5 Å². The maximum absolute atomic E-state index is 12.8. The van der Waals surface area contributed by atoms with Crippen molar-refractivity contribution in [1.82, 2.24) is 4.90 Å². The summed E-state index contributed by atoms with van der Waals surface area (Å²) in [5, 5.41) is 23.6. The topological polar surface area (TPSA) is 122 Å². The van der Waals surface area contributed by atoms with E-state index in [0.29, 0.717) is 0 Å². The lowest BCUT2D eigenvalue weighted by molar-refractivity contribution is -0.386. The van der Waals surface area contributed by atoms with Crippen LogP contribution in [0.2, 0.25) is 0 Å². The average Bonchev–Trinajstić information content (AvgIpc) is 3.10. The molecule has 2 aliphatic heterocycles. The highest BCUT2D eigenvalue weighted by Crippen LogP contribution is 2.48. The molecule has 0 fully saturated rings. The molecule has 0 aliphatic carbocycles. The third-order valence-electron chi connectivity index (χ3n) is 4.87. The average molecular weight is 369 g/mol. The number of ether oxygens (including phenoxy) is 2. The van der Waals surface area contributed by atoms with Gasteiger partial charge in [0.2, 0.25) is 6.79 Å². The molecule has 2 atom stereocenters. The van der Waals surface area contributed by atoms with Crippen molar-refractivity contribution in [2.24, 2.45) is 0 Å². The van der Waals surface area contributed by atoms with Gasteiger partial charge >= 0.3 is 0 Å². The first-order chi connectivity index (χ1) is 12.9. The van der Waals surface area contributed by atoms with Crippen molar-refractivity contribution in [2.45, 2.75) is 12.0 Å². The van der Waals surface area contributed by atoms with E-state index in [1.807, 2.05) is 0 Å². The van der Waals surface area contributed by atoms with E-state index in [1.54, 1.807) is 12.1 Å². The number of rotatable bonds is 3. The molecular weight excluding hydrogens is 356 g/mol. The highest BCUT2D eigenvalue weighted by Gasteiger charge is 2.43. The van der Waals surface area contributed by atoms with E-state index in [2.05, 4.69) is 0 Å². The molecule has 27 heavy (non-hydrogen) atoms. The molecule has 2 heterocycles. The number of likely N-dealkylation sites (N-methyl/N-ethyl adjacent to an activating group) is 1. The van der Waals surface area contributed by atoms with Gasteiger partial charge < -0.3 is 24.3 Å². The monoisotopic (exact) mass is 369 g/mol. The van der Waals surface area contributed by atoms with Crippen molar-refractivity contribution in [2.75, 3.05) is 13.8 Å². The third-order valence-corrected chi connectivity index (χ3v) is 4.87. The fourth-order valence-corrected chi connectivity index (χ4v) is 3.66. The fraction of sp³-hybridized carbons (Fsp3) is 0.222. The largest absolute Gasteiger partial charge is 0.549 e. The summed E-state index contributed by atoms with van der Waals surface area (Å²) in [7, 11) is 1.41. The van der Waals surface area contributed by atoms with E-state index in [-0.39, 0.29) is 40.7 Å². The lowest BCUT2D eigenvalue weighted by Gasteiger charge is -2.40. The van der Waals surface area contributed by atoms with Crippen molar-refractivity contribution in [1.29, 1.82) is 0 Å². The van der Waals surface area contributed by atoms with Gasteiger partial charge in [0.25, 0.3) is 11.6 Å². The zero-order valence-electron chi connectivity index (χ0n) is 14.1. The van der Waals surface area contributed by atoms with Crippen LogP contribution in [0.15, 0.2) is 36.4 Å². The minimum atomic E-state index is -1.43. The Bertz CT molecular complexity index is 988. The molecule has 0 N–H and O–H groups in total. The molecule has 0 spiro atoms. The molecule has 9 nitrogen and oxygen atoms in total. The van der Waals surface area contributed by atoms with Gasteiger partial charge in [-0.1, -0.05) is 18.2 Å². The molecule has 4 rings (SSSR count). The van der Waals surface area contributed by atoms with Crippen LogP contribution in [0.25, 0.3) is 0 Å². The predicted octanol–water partition coefficient (Wildman–Crippen LogP) is 0.984. The maximum atomic E-state index is 12.8. The Morgan fingerprint density at radius 2 is 1.85 bits per heavy atom. The minimum absolute atomic E-state index is 0.0452. The van der Waals surface area contributed by atoms with Crippen molar-refractivity contribution >= 4 is 17.6 Å². The summed E-state index contributed by atoms with van der Waals surface area (Å²) in [5.41, 5.74) is 0.185. The van der Waals surface area contributed by atoms with Crippen LogP contribution >= 0.6 is 0 Å². The van der Waals surface area contributed by atoms with Crippen molar-refractivity contribution in [3.63, 3.8) is 0 Å². The fourth-order valence-electron chi connectivity index (χ4n) is 3.66. The van der Waals surface area contributed by atoms with E-state index in [0.717, 1.165) is 0 Å². The summed E-state index contributed by atoms with van der Waals surface area (Å²) in [6.45, 7) is -0.0951. The zero-order valence-corrected chi connectivity index (χ0v) is 14.1. The van der Waals surface area contributed by atoms with E-state index in [4.69, 9.17) is 9.47 Å². The van der Waals surface area contributed by atoms with E-state index in [9.17, 15) is 24.8 Å². The van der Waals surface area contributed by atoms with E-state index >= 15 is 0 Å². The Labute approximate surface area is 152 Å². The Morgan fingerprint density at radius 1 is 1.19 bits per heavy atom. The number of carbonyl (C=O) groups is 2. The van der Waals surface area contributed by atoms with Crippen LogP contribution < -0.4 is 14.6 Å². The summed E-state index contributed by atoms with van der Waals surface area (Å²) in [5.74, 6) is -2.69. The first-order valence-electron chi connectivity index (χ1n) is 8.05. The number of nitrogens with zero attached hydrogens (tertiary/aromatic N) is 2. The number of carboxylic acids is 1. The predicted molar refractivity (Wildman–Crippen MR) is 88.2 cm³/mol. The summed E-state index contributed by atoms with van der Waals surface area (Å²) in [4.78, 5) is 36.9. The third kappa shape index (κ3) is 2.47. The second kappa shape index (κ2) is 5.97. The molecule has 1 amide bonds. The van der Waals surface area contributed by atoms with Crippen LogP contribution in [0.3, 0.4) is 0 Å². The summed E-state index contributed by atoms with van der Waals surface area (Å²) >= 11 is 0. The second-order valence-electron chi connectivity index (χ2n) is 6.27. The van der Waals surface area contributed by atoms with Gasteiger partial charge in [-0.15, -0.1) is 0 Å². The Hall–Kier alpha value is -3.62. The number of carboxylic acid groups (broad SMARTS) is 1. The number of fused-ring (bicyclic) bond motifs is 2. The standard InChI is InChI=1S/C18H14N2O7/c1-19-16(11-6-13-14(27-8-26-13)7-12(11)20(24)25)15(18(22)23)9-4-2-3-5-10(9)17(19)21/h2-7,15-16H,8H2,1H3,(H,22,23)/p-1/t15-,16-/m0/s1. The molecule has 2 aliphatic rings. The highest BCUT2D eigenvalue weighted by atomic mass is 16.7. The number of hydrogen-bond donors (Lipinski definition) is 0. The summed E-state index contributed by atoms with van der Waals surface area (Å²) < 4.78 is 10.5. The lowest BCUT2D eigenvalue weighted by Crippen LogP contribution is -2.46. The van der Waals surface area contributed by atoms with Crippen LogP contribution in [-0.4, -0.2) is 35.5 Å². The van der Waals surface area contributed by atoms with Crippen LogP contribution in [0.1, 0.15) is 33.4 Å². The van der Waals surface area contributed by atoms with Crippen LogP contribution in [0.5, 0.6) is 11.5 Å². The highest BCUT2D eigenvalue weighted by molar-refractivity contribution is 6.00. The normalized spacial score (nSPS) is 20.3. The summed E-state index contributed by atoms with van der Waals surface area (Å²) in [6, 6.07) is 7.69. The molecule has 2 aromatic carbocycles. The second-order valence-corrected chi connectivity index (χ2v) is 6.27. The Balaban J connectivity index is 1.96. The van der Waals surface area contributed by atoms with Gasteiger partial charge in [-0.05, 0) is 17.7 Å². The van der Waals surface area contributed by atoms with E-state index in [1.165, 1.54) is 36.2 Å². The molecule has 2 aromatic rings. The van der Waals surface area contributed by atoms with Crippen LogP contribution in [0, 0.1) is 10.1 Å². The minimum Gasteiger partial charge on any atom is -0.549 e. The number of benzene rings is 2. The number of nitro benzene ring substituents is 1. The Kier molecular flexibility index (Phi) is 3.72. The molecule has 0 unspecified atom stereocenters. The molecule has 0 saturated carbocycles. The zero-order chi connectivity index (χ0) is 19.3. The van der Waals surface area contributed by atoms with Crippen LogP contribution in [0.4, 0.5) is 5.69 Å². The molecule has 0 aromatic heterocycles. The van der Waals surface area contributed by atoms with Gasteiger partial charge in [-0.25, -0.2) is 0 Å². The Morgan fingerprint density at radius 3 is 2.52 bits per heavy atom. The van der Waals surface area contributed by atoms with Gasteiger partial charge in [0.1, 0.15) is 0 Å². The maximum Gasteiger partial charge on any atom is 0.278 e. The molecule has 9 heteroatoms. The number of hydrogen-bond acceptors (Lipinski definition) is 7. The molecule has 0 bridgehead atoms. The van der Waals surface area contributed by atoms with Crippen molar-refractivity contribution < 1.29 is 29.1 Å². The van der Waals surface area contributed by atoms with Gasteiger partial charge in [-0.2, -0.15) is 0 Å². The quantitative estimate of drug-likeness (QED) is 0.584. The first-order valence-corrected chi connectivity index (χ1v) is 8.05. The van der Waals surface area contributed by atoms with Crippen molar-refractivity contribution in [3.05, 3.63) is 63.2 Å². The molecule has 0 saturated heterocycles. The van der Waals surface area contributed by atoms with Gasteiger partial charge in [0, 0.05) is 18.5 Å². The molecule has 138 valence electrons. The van der Waals surface area contributed by atoms with Gasteiger partial charge in [-0.3, -0.25) is 14.9 Å². The summed E-state index contributed by atoms with van der Waals surface area (Å²) in [6.07, 6.45) is 0. The number of amides is 1.